The van der Waals surface area contributed by atoms with Crippen LogP contribution in [0.25, 0.3) is 0 Å². The first kappa shape index (κ1) is 15.0. The Morgan fingerprint density at radius 3 is 2.37 bits per heavy atom. The molecule has 0 aromatic heterocycles. The zero-order valence-corrected chi connectivity index (χ0v) is 11.7. The fourth-order valence-corrected chi connectivity index (χ4v) is 1.55. The van der Waals surface area contributed by atoms with Gasteiger partial charge in [-0.2, -0.15) is 0 Å². The minimum Gasteiger partial charge on any atom is -0.495 e. The van der Waals surface area contributed by atoms with Gasteiger partial charge in [-0.05, 0) is 32.9 Å². The molecule has 0 fully saturated rings. The Balaban J connectivity index is 2.58. The third-order valence-corrected chi connectivity index (χ3v) is 2.22. The molecule has 1 aromatic carbocycles. The number of carbonyl (C=O) groups excluding carboxylic acids is 2. The number of methoxy groups -OCH3 is 1. The average Bonchev–Trinajstić information content (AvgIpc) is 2.26. The van der Waals surface area contributed by atoms with Gasteiger partial charge < -0.3 is 15.4 Å². The van der Waals surface area contributed by atoms with E-state index in [1.54, 1.807) is 24.3 Å². The van der Waals surface area contributed by atoms with Crippen molar-refractivity contribution in [2.75, 3.05) is 12.4 Å². The van der Waals surface area contributed by atoms with Gasteiger partial charge in [-0.25, -0.2) is 0 Å². The number of carbonyl (C=O) groups is 2. The number of amides is 2. The first-order valence-corrected chi connectivity index (χ1v) is 6.06. The Morgan fingerprint density at radius 2 is 1.79 bits per heavy atom. The SMILES string of the molecule is COc1ccccc1NC(=O)CC(=O)NC(C)(C)C. The van der Waals surface area contributed by atoms with Gasteiger partial charge in [0.05, 0.1) is 12.8 Å². The summed E-state index contributed by atoms with van der Waals surface area (Å²) >= 11 is 0. The van der Waals surface area contributed by atoms with Crippen LogP contribution < -0.4 is 15.4 Å². The van der Waals surface area contributed by atoms with E-state index in [4.69, 9.17) is 4.74 Å². The predicted molar refractivity (Wildman–Crippen MR) is 74.1 cm³/mol. The van der Waals surface area contributed by atoms with Gasteiger partial charge in [0.25, 0.3) is 0 Å². The van der Waals surface area contributed by atoms with Crippen LogP contribution in [-0.2, 0) is 9.59 Å². The van der Waals surface area contributed by atoms with E-state index in [1.807, 2.05) is 20.8 Å². The van der Waals surface area contributed by atoms with Gasteiger partial charge in [0.2, 0.25) is 11.8 Å². The second-order valence-corrected chi connectivity index (χ2v) is 5.22. The van der Waals surface area contributed by atoms with Crippen LogP contribution in [0, 0.1) is 0 Å². The summed E-state index contributed by atoms with van der Waals surface area (Å²) in [4.78, 5) is 23.4. The lowest BCUT2D eigenvalue weighted by atomic mass is 10.1. The maximum atomic E-state index is 11.7. The van der Waals surface area contributed by atoms with Crippen LogP contribution in [0.15, 0.2) is 24.3 Å². The second kappa shape index (κ2) is 6.22. The van der Waals surface area contributed by atoms with Crippen LogP contribution in [0.4, 0.5) is 5.69 Å². The van der Waals surface area contributed by atoms with E-state index in [-0.39, 0.29) is 23.8 Å². The molecule has 104 valence electrons. The first-order valence-electron chi connectivity index (χ1n) is 6.06. The highest BCUT2D eigenvalue weighted by molar-refractivity contribution is 6.04. The van der Waals surface area contributed by atoms with Crippen LogP contribution in [0.1, 0.15) is 27.2 Å². The smallest absolute Gasteiger partial charge is 0.233 e. The molecule has 0 spiro atoms. The third kappa shape index (κ3) is 5.42. The van der Waals surface area contributed by atoms with E-state index in [1.165, 1.54) is 7.11 Å². The largest absolute Gasteiger partial charge is 0.495 e. The van der Waals surface area contributed by atoms with Crippen molar-refractivity contribution in [2.24, 2.45) is 0 Å². The number of para-hydroxylation sites is 2. The van der Waals surface area contributed by atoms with Crippen molar-refractivity contribution in [1.29, 1.82) is 0 Å². The molecule has 0 radical (unpaired) electrons. The van der Waals surface area contributed by atoms with E-state index in [0.29, 0.717) is 11.4 Å². The van der Waals surface area contributed by atoms with Gasteiger partial charge in [-0.15, -0.1) is 0 Å². The highest BCUT2D eigenvalue weighted by atomic mass is 16.5. The van der Waals surface area contributed by atoms with Crippen LogP contribution in [-0.4, -0.2) is 24.5 Å². The Kier molecular flexibility index (Phi) is 4.92. The second-order valence-electron chi connectivity index (χ2n) is 5.22. The van der Waals surface area contributed by atoms with Crippen molar-refractivity contribution in [3.05, 3.63) is 24.3 Å². The number of rotatable bonds is 4. The lowest BCUT2D eigenvalue weighted by Crippen LogP contribution is -2.41. The van der Waals surface area contributed by atoms with Crippen molar-refractivity contribution in [1.82, 2.24) is 5.32 Å². The normalized spacial score (nSPS) is 10.7. The minimum atomic E-state index is -0.369. The summed E-state index contributed by atoms with van der Waals surface area (Å²) in [6.45, 7) is 5.59. The summed E-state index contributed by atoms with van der Waals surface area (Å²) < 4.78 is 5.12. The summed E-state index contributed by atoms with van der Waals surface area (Å²) in [5.41, 5.74) is 0.209. The summed E-state index contributed by atoms with van der Waals surface area (Å²) in [5.74, 6) is -0.113. The average molecular weight is 264 g/mol. The number of hydrogen-bond acceptors (Lipinski definition) is 3. The van der Waals surface area contributed by atoms with Crippen LogP contribution in [0.3, 0.4) is 0 Å². The molecule has 2 N–H and O–H groups in total. The molecule has 0 unspecified atom stereocenters. The molecule has 5 nitrogen and oxygen atoms in total. The summed E-state index contributed by atoms with van der Waals surface area (Å²) in [6, 6.07) is 7.05. The molecule has 1 aromatic rings. The highest BCUT2D eigenvalue weighted by Crippen LogP contribution is 2.22. The number of benzene rings is 1. The summed E-state index contributed by atoms with van der Waals surface area (Å²) in [5, 5.41) is 5.39. The van der Waals surface area contributed by atoms with Crippen molar-refractivity contribution < 1.29 is 14.3 Å². The fourth-order valence-electron chi connectivity index (χ4n) is 1.55. The van der Waals surface area contributed by atoms with Crippen molar-refractivity contribution in [3.63, 3.8) is 0 Å². The van der Waals surface area contributed by atoms with Crippen LogP contribution >= 0.6 is 0 Å². The molecule has 2 amide bonds. The van der Waals surface area contributed by atoms with Crippen LogP contribution in [0.2, 0.25) is 0 Å². The molecule has 5 heteroatoms. The van der Waals surface area contributed by atoms with Crippen LogP contribution in [0.5, 0.6) is 5.75 Å². The molecule has 0 heterocycles. The fraction of sp³-hybridized carbons (Fsp3) is 0.429. The van der Waals surface area contributed by atoms with Gasteiger partial charge >= 0.3 is 0 Å². The Hall–Kier alpha value is -2.04. The summed E-state index contributed by atoms with van der Waals surface area (Å²) in [7, 11) is 1.53. The molecular weight excluding hydrogens is 244 g/mol. The molecule has 0 bridgehead atoms. The van der Waals surface area contributed by atoms with Crippen molar-refractivity contribution in [2.45, 2.75) is 32.7 Å². The van der Waals surface area contributed by atoms with Crippen molar-refractivity contribution in [3.8, 4) is 5.75 Å². The van der Waals surface area contributed by atoms with E-state index < -0.39 is 0 Å². The molecule has 0 aliphatic carbocycles. The predicted octanol–water partition coefficient (Wildman–Crippen LogP) is 1.94. The highest BCUT2D eigenvalue weighted by Gasteiger charge is 2.17. The van der Waals surface area contributed by atoms with Gasteiger partial charge in [0, 0.05) is 5.54 Å². The number of anilines is 1. The lowest BCUT2D eigenvalue weighted by Gasteiger charge is -2.20. The number of ether oxygens (including phenoxy) is 1. The quantitative estimate of drug-likeness (QED) is 0.817. The summed E-state index contributed by atoms with van der Waals surface area (Å²) in [6.07, 6.45) is -0.213. The Bertz CT molecular complexity index is 464. The number of hydrogen-bond donors (Lipinski definition) is 2. The first-order chi connectivity index (χ1) is 8.81. The topological polar surface area (TPSA) is 67.4 Å². The van der Waals surface area contributed by atoms with Gasteiger partial charge in [0.15, 0.2) is 0 Å². The van der Waals surface area contributed by atoms with Gasteiger partial charge in [-0.3, -0.25) is 9.59 Å². The maximum absolute atomic E-state index is 11.7. The standard InChI is InChI=1S/C14H20N2O3/c1-14(2,3)16-13(18)9-12(17)15-10-7-5-6-8-11(10)19-4/h5-8H,9H2,1-4H3,(H,15,17)(H,16,18). The number of nitrogens with one attached hydrogen (secondary N) is 2. The molecule has 0 atom stereocenters. The maximum Gasteiger partial charge on any atom is 0.233 e. The van der Waals surface area contributed by atoms with Crippen molar-refractivity contribution >= 4 is 17.5 Å². The van der Waals surface area contributed by atoms with Gasteiger partial charge in [-0.1, -0.05) is 12.1 Å². The van der Waals surface area contributed by atoms with E-state index in [9.17, 15) is 9.59 Å². The minimum absolute atomic E-state index is 0.213. The molecule has 19 heavy (non-hydrogen) atoms. The third-order valence-electron chi connectivity index (χ3n) is 2.22. The molecule has 0 saturated carbocycles. The zero-order chi connectivity index (χ0) is 14.5. The Labute approximate surface area is 113 Å². The monoisotopic (exact) mass is 264 g/mol. The zero-order valence-electron chi connectivity index (χ0n) is 11.7. The van der Waals surface area contributed by atoms with Gasteiger partial charge in [0.1, 0.15) is 12.2 Å². The van der Waals surface area contributed by atoms with E-state index >= 15 is 0 Å². The Morgan fingerprint density at radius 1 is 1.16 bits per heavy atom. The molecular formula is C14H20N2O3. The lowest BCUT2D eigenvalue weighted by molar-refractivity contribution is -0.127. The molecule has 0 saturated heterocycles. The molecule has 1 rings (SSSR count). The molecule has 0 aliphatic heterocycles. The van der Waals surface area contributed by atoms with E-state index in [2.05, 4.69) is 10.6 Å². The van der Waals surface area contributed by atoms with E-state index in [0.717, 1.165) is 0 Å². The molecule has 0 aliphatic rings.